The minimum atomic E-state index is -3.60. The standard InChI is InChI=1S/C21H27FN2O3S2/c1-16-8-6-9-17(2)21(16)24(29(3,26)27)14-20(25)23-12-7-13-28-15-18-10-4-5-11-19(18)22/h4-6,8-11H,7,12-15H2,1-3H3,(H,23,25). The molecule has 0 fully saturated rings. The molecule has 0 unspecified atom stereocenters. The fourth-order valence-electron chi connectivity index (χ4n) is 2.95. The number of benzene rings is 2. The van der Waals surface area contributed by atoms with Crippen molar-refractivity contribution in [2.75, 3.05) is 29.4 Å². The van der Waals surface area contributed by atoms with E-state index in [2.05, 4.69) is 5.32 Å². The van der Waals surface area contributed by atoms with Crippen LogP contribution in [0.5, 0.6) is 0 Å². The van der Waals surface area contributed by atoms with Gasteiger partial charge in [-0.15, -0.1) is 0 Å². The van der Waals surface area contributed by atoms with Gasteiger partial charge in [0.15, 0.2) is 0 Å². The second-order valence-corrected chi connectivity index (χ2v) is 9.87. The first-order valence-corrected chi connectivity index (χ1v) is 12.3. The van der Waals surface area contributed by atoms with Gasteiger partial charge < -0.3 is 5.32 Å². The van der Waals surface area contributed by atoms with Crippen molar-refractivity contribution in [3.05, 3.63) is 65.0 Å². The van der Waals surface area contributed by atoms with E-state index < -0.39 is 10.0 Å². The van der Waals surface area contributed by atoms with Crippen LogP contribution in [0.25, 0.3) is 0 Å². The molecule has 0 aromatic heterocycles. The summed E-state index contributed by atoms with van der Waals surface area (Å²) in [4.78, 5) is 12.3. The number of para-hydroxylation sites is 1. The lowest BCUT2D eigenvalue weighted by molar-refractivity contribution is -0.119. The van der Waals surface area contributed by atoms with Gasteiger partial charge >= 0.3 is 0 Å². The van der Waals surface area contributed by atoms with E-state index >= 15 is 0 Å². The Morgan fingerprint density at radius 2 is 1.76 bits per heavy atom. The Hall–Kier alpha value is -2.06. The van der Waals surface area contributed by atoms with Crippen LogP contribution in [0.15, 0.2) is 42.5 Å². The van der Waals surface area contributed by atoms with Crippen LogP contribution in [-0.2, 0) is 20.6 Å². The molecule has 0 radical (unpaired) electrons. The number of amides is 1. The van der Waals surface area contributed by atoms with Crippen LogP contribution in [0.4, 0.5) is 10.1 Å². The summed E-state index contributed by atoms with van der Waals surface area (Å²) in [5.41, 5.74) is 2.81. The summed E-state index contributed by atoms with van der Waals surface area (Å²) in [6.45, 7) is 3.83. The lowest BCUT2D eigenvalue weighted by Gasteiger charge is -2.25. The van der Waals surface area contributed by atoms with Crippen molar-refractivity contribution in [1.82, 2.24) is 5.32 Å². The quantitative estimate of drug-likeness (QED) is 0.575. The smallest absolute Gasteiger partial charge is 0.240 e. The highest BCUT2D eigenvalue weighted by molar-refractivity contribution is 7.98. The van der Waals surface area contributed by atoms with E-state index in [0.29, 0.717) is 30.0 Å². The maximum atomic E-state index is 13.6. The van der Waals surface area contributed by atoms with Gasteiger partial charge in [0.2, 0.25) is 15.9 Å². The molecule has 1 N–H and O–H groups in total. The number of thioether (sulfide) groups is 1. The molecule has 0 saturated carbocycles. The van der Waals surface area contributed by atoms with E-state index in [1.54, 1.807) is 23.9 Å². The molecule has 0 aliphatic carbocycles. The second kappa shape index (κ2) is 10.6. The summed E-state index contributed by atoms with van der Waals surface area (Å²) >= 11 is 1.59. The lowest BCUT2D eigenvalue weighted by Crippen LogP contribution is -2.41. The number of nitrogens with one attached hydrogen (secondary N) is 1. The van der Waals surface area contributed by atoms with E-state index in [1.165, 1.54) is 6.07 Å². The molecule has 0 saturated heterocycles. The molecule has 0 aliphatic heterocycles. The number of hydrogen-bond donors (Lipinski definition) is 1. The molecule has 0 aliphatic rings. The number of hydrogen-bond acceptors (Lipinski definition) is 4. The zero-order valence-electron chi connectivity index (χ0n) is 16.9. The van der Waals surface area contributed by atoms with Crippen LogP contribution in [0.2, 0.25) is 0 Å². The first-order chi connectivity index (χ1) is 13.7. The minimum absolute atomic E-state index is 0.208. The Balaban J connectivity index is 1.83. The molecule has 0 spiro atoms. The number of carbonyl (C=O) groups is 1. The number of anilines is 1. The summed E-state index contributed by atoms with van der Waals surface area (Å²) in [6.07, 6.45) is 1.82. The Bertz CT molecular complexity index is 928. The highest BCUT2D eigenvalue weighted by Crippen LogP contribution is 2.26. The SMILES string of the molecule is Cc1cccc(C)c1N(CC(=O)NCCCSCc1ccccc1F)S(C)(=O)=O. The molecule has 2 aromatic carbocycles. The molecule has 158 valence electrons. The van der Waals surface area contributed by atoms with Gasteiger partial charge in [-0.05, 0) is 48.8 Å². The Morgan fingerprint density at radius 1 is 1.10 bits per heavy atom. The average molecular weight is 439 g/mol. The predicted octanol–water partition coefficient (Wildman–Crippen LogP) is 3.65. The Kier molecular flexibility index (Phi) is 8.52. The van der Waals surface area contributed by atoms with Gasteiger partial charge in [-0.1, -0.05) is 36.4 Å². The van der Waals surface area contributed by atoms with Crippen molar-refractivity contribution in [2.24, 2.45) is 0 Å². The van der Waals surface area contributed by atoms with Crippen LogP contribution in [0.3, 0.4) is 0 Å². The van der Waals surface area contributed by atoms with Crippen LogP contribution >= 0.6 is 11.8 Å². The largest absolute Gasteiger partial charge is 0.354 e. The van der Waals surface area contributed by atoms with Crippen molar-refractivity contribution in [3.63, 3.8) is 0 Å². The molecule has 0 heterocycles. The van der Waals surface area contributed by atoms with Crippen LogP contribution in [0, 0.1) is 19.7 Å². The third-order valence-electron chi connectivity index (χ3n) is 4.38. The van der Waals surface area contributed by atoms with Crippen molar-refractivity contribution < 1.29 is 17.6 Å². The average Bonchev–Trinajstić information content (AvgIpc) is 2.64. The summed E-state index contributed by atoms with van der Waals surface area (Å²) < 4.78 is 39.2. The third kappa shape index (κ3) is 7.04. The first kappa shape index (κ1) is 23.2. The highest BCUT2D eigenvalue weighted by atomic mass is 32.2. The van der Waals surface area contributed by atoms with Gasteiger partial charge in [-0.2, -0.15) is 11.8 Å². The van der Waals surface area contributed by atoms with Gasteiger partial charge in [-0.25, -0.2) is 12.8 Å². The molecular weight excluding hydrogens is 411 g/mol. The van der Waals surface area contributed by atoms with E-state index in [1.807, 2.05) is 38.1 Å². The van der Waals surface area contributed by atoms with Crippen molar-refractivity contribution >= 4 is 33.4 Å². The zero-order valence-corrected chi connectivity index (χ0v) is 18.6. The third-order valence-corrected chi connectivity index (χ3v) is 6.58. The van der Waals surface area contributed by atoms with E-state index in [4.69, 9.17) is 0 Å². The molecular formula is C21H27FN2O3S2. The van der Waals surface area contributed by atoms with Gasteiger partial charge in [0, 0.05) is 12.3 Å². The summed E-state index contributed by atoms with van der Waals surface area (Å²) in [5, 5.41) is 2.77. The maximum Gasteiger partial charge on any atom is 0.240 e. The van der Waals surface area contributed by atoms with Crippen LogP contribution < -0.4 is 9.62 Å². The Labute approximate surface area is 176 Å². The van der Waals surface area contributed by atoms with E-state index in [9.17, 15) is 17.6 Å². The van der Waals surface area contributed by atoms with Crippen molar-refractivity contribution in [2.45, 2.75) is 26.0 Å². The predicted molar refractivity (Wildman–Crippen MR) is 118 cm³/mol. The lowest BCUT2D eigenvalue weighted by atomic mass is 10.1. The Morgan fingerprint density at radius 3 is 2.38 bits per heavy atom. The molecule has 29 heavy (non-hydrogen) atoms. The first-order valence-electron chi connectivity index (χ1n) is 9.32. The molecule has 2 aromatic rings. The van der Waals surface area contributed by atoms with Crippen LogP contribution in [0.1, 0.15) is 23.1 Å². The molecule has 1 amide bonds. The molecule has 0 atom stereocenters. The van der Waals surface area contributed by atoms with Gasteiger partial charge in [-0.3, -0.25) is 9.10 Å². The number of nitrogens with zero attached hydrogens (tertiary/aromatic N) is 1. The fraction of sp³-hybridized carbons (Fsp3) is 0.381. The van der Waals surface area contributed by atoms with Crippen molar-refractivity contribution in [1.29, 1.82) is 0 Å². The minimum Gasteiger partial charge on any atom is -0.354 e. The topological polar surface area (TPSA) is 66.5 Å². The van der Waals surface area contributed by atoms with Crippen LogP contribution in [-0.4, -0.2) is 39.4 Å². The molecule has 2 rings (SSSR count). The highest BCUT2D eigenvalue weighted by Gasteiger charge is 2.23. The summed E-state index contributed by atoms with van der Waals surface area (Å²) in [5.74, 6) is 0.786. The molecule has 8 heteroatoms. The summed E-state index contributed by atoms with van der Waals surface area (Å²) in [7, 11) is -3.60. The number of sulfonamides is 1. The summed E-state index contributed by atoms with van der Waals surface area (Å²) in [6, 6.07) is 12.2. The molecule has 0 bridgehead atoms. The number of carbonyl (C=O) groups excluding carboxylic acids is 1. The zero-order chi connectivity index (χ0) is 21.4. The number of halogens is 1. The normalized spacial score (nSPS) is 11.3. The second-order valence-electron chi connectivity index (χ2n) is 6.86. The molecule has 5 nitrogen and oxygen atoms in total. The maximum absolute atomic E-state index is 13.6. The monoisotopic (exact) mass is 438 g/mol. The van der Waals surface area contributed by atoms with Gasteiger partial charge in [0.1, 0.15) is 12.4 Å². The number of rotatable bonds is 10. The van der Waals surface area contributed by atoms with Gasteiger partial charge in [0.05, 0.1) is 11.9 Å². The van der Waals surface area contributed by atoms with E-state index in [0.717, 1.165) is 27.4 Å². The fourth-order valence-corrected chi connectivity index (χ4v) is 4.87. The van der Waals surface area contributed by atoms with E-state index in [-0.39, 0.29) is 18.3 Å². The van der Waals surface area contributed by atoms with Gasteiger partial charge in [0.25, 0.3) is 0 Å². The van der Waals surface area contributed by atoms with Crippen molar-refractivity contribution in [3.8, 4) is 0 Å². The number of aryl methyl sites for hydroxylation is 2.